The second-order valence-corrected chi connectivity index (χ2v) is 6.09. The van der Waals surface area contributed by atoms with Crippen LogP contribution in [0.15, 0.2) is 5.38 Å². The predicted molar refractivity (Wildman–Crippen MR) is 78.4 cm³/mol. The Kier molecular flexibility index (Phi) is 4.42. The summed E-state index contributed by atoms with van der Waals surface area (Å²) in [7, 11) is 2.14. The molecule has 19 heavy (non-hydrogen) atoms. The maximum absolute atomic E-state index is 12.0. The van der Waals surface area contributed by atoms with Gasteiger partial charge in [-0.05, 0) is 26.4 Å². The Morgan fingerprint density at radius 3 is 2.79 bits per heavy atom. The lowest BCUT2D eigenvalue weighted by atomic mass is 9.95. The zero-order valence-electron chi connectivity index (χ0n) is 11.6. The first-order chi connectivity index (χ1) is 9.07. The van der Waals surface area contributed by atoms with Gasteiger partial charge in [0.25, 0.3) is 5.91 Å². The predicted octanol–water partition coefficient (Wildman–Crippen LogP) is 1.72. The van der Waals surface area contributed by atoms with E-state index in [2.05, 4.69) is 29.2 Å². The van der Waals surface area contributed by atoms with Gasteiger partial charge in [0, 0.05) is 17.5 Å². The van der Waals surface area contributed by atoms with Crippen molar-refractivity contribution in [2.24, 2.45) is 0 Å². The lowest BCUT2D eigenvalue weighted by Crippen LogP contribution is -2.52. The van der Waals surface area contributed by atoms with Crippen LogP contribution in [0, 0.1) is 0 Å². The van der Waals surface area contributed by atoms with Gasteiger partial charge in [0.05, 0.1) is 0 Å². The number of amides is 1. The molecule has 0 bridgehead atoms. The summed E-state index contributed by atoms with van der Waals surface area (Å²) in [6, 6.07) is 0. The van der Waals surface area contributed by atoms with E-state index in [0.29, 0.717) is 17.4 Å². The van der Waals surface area contributed by atoms with Gasteiger partial charge in [-0.15, -0.1) is 11.3 Å². The molecule has 1 fully saturated rings. The van der Waals surface area contributed by atoms with E-state index in [4.69, 9.17) is 5.73 Å². The van der Waals surface area contributed by atoms with E-state index < -0.39 is 0 Å². The Labute approximate surface area is 118 Å². The molecule has 5 nitrogen and oxygen atoms in total. The minimum Gasteiger partial charge on any atom is -0.375 e. The van der Waals surface area contributed by atoms with Crippen molar-refractivity contribution in [3.8, 4) is 0 Å². The number of hydrogen-bond acceptors (Lipinski definition) is 5. The van der Waals surface area contributed by atoms with Crippen LogP contribution in [0.5, 0.6) is 0 Å². The number of nitrogen functional groups attached to an aromatic ring is 1. The van der Waals surface area contributed by atoms with Crippen molar-refractivity contribution in [1.29, 1.82) is 0 Å². The molecule has 1 aromatic heterocycles. The fourth-order valence-electron chi connectivity index (χ4n) is 2.79. The molecular weight excluding hydrogens is 260 g/mol. The number of rotatable bonds is 5. The summed E-state index contributed by atoms with van der Waals surface area (Å²) in [4.78, 5) is 18.4. The Bertz CT molecular complexity index is 440. The maximum atomic E-state index is 12.0. The minimum absolute atomic E-state index is 0.117. The van der Waals surface area contributed by atoms with Crippen molar-refractivity contribution in [3.63, 3.8) is 0 Å². The number of nitrogens with one attached hydrogen (secondary N) is 1. The molecule has 1 aromatic rings. The Hall–Kier alpha value is -1.14. The second kappa shape index (κ2) is 5.88. The van der Waals surface area contributed by atoms with Crippen LogP contribution in [0.4, 0.5) is 5.13 Å². The highest BCUT2D eigenvalue weighted by molar-refractivity contribution is 7.13. The number of carbonyl (C=O) groups excluding carboxylic acids is 1. The van der Waals surface area contributed by atoms with Crippen molar-refractivity contribution in [1.82, 2.24) is 15.2 Å². The van der Waals surface area contributed by atoms with Gasteiger partial charge in [-0.3, -0.25) is 9.69 Å². The summed E-state index contributed by atoms with van der Waals surface area (Å²) in [6.07, 6.45) is 4.78. The molecule has 1 amide bonds. The number of thiazole rings is 1. The molecule has 0 unspecified atom stereocenters. The zero-order valence-corrected chi connectivity index (χ0v) is 12.4. The van der Waals surface area contributed by atoms with Gasteiger partial charge in [0.15, 0.2) is 5.13 Å². The van der Waals surface area contributed by atoms with E-state index in [1.54, 1.807) is 5.38 Å². The molecule has 3 N–H and O–H groups in total. The SMILES string of the molecule is CCN(C)C1(CNC(=O)c2csc(N)n2)CCCC1. The number of aromatic nitrogens is 1. The second-order valence-electron chi connectivity index (χ2n) is 5.20. The molecule has 0 saturated heterocycles. The molecule has 2 rings (SSSR count). The molecule has 6 heteroatoms. The third-order valence-electron chi connectivity index (χ3n) is 4.15. The monoisotopic (exact) mass is 282 g/mol. The first-order valence-electron chi connectivity index (χ1n) is 6.78. The van der Waals surface area contributed by atoms with Gasteiger partial charge in [0.2, 0.25) is 0 Å². The summed E-state index contributed by atoms with van der Waals surface area (Å²) in [5.41, 5.74) is 6.09. The van der Waals surface area contributed by atoms with E-state index in [-0.39, 0.29) is 11.4 Å². The van der Waals surface area contributed by atoms with Crippen LogP contribution in [0.25, 0.3) is 0 Å². The third-order valence-corrected chi connectivity index (χ3v) is 4.82. The van der Waals surface area contributed by atoms with Crippen molar-refractivity contribution < 1.29 is 4.79 Å². The summed E-state index contributed by atoms with van der Waals surface area (Å²) in [5.74, 6) is -0.122. The summed E-state index contributed by atoms with van der Waals surface area (Å²) in [6.45, 7) is 3.84. The van der Waals surface area contributed by atoms with Crippen molar-refractivity contribution >= 4 is 22.4 Å². The lowest BCUT2D eigenvalue weighted by Gasteiger charge is -2.38. The molecule has 0 radical (unpaired) electrons. The summed E-state index contributed by atoms with van der Waals surface area (Å²) in [5, 5.41) is 5.16. The minimum atomic E-state index is -0.122. The number of nitrogens with two attached hydrogens (primary N) is 1. The normalized spacial score (nSPS) is 17.8. The fraction of sp³-hybridized carbons (Fsp3) is 0.692. The average Bonchev–Trinajstić information content (AvgIpc) is 3.05. The van der Waals surface area contributed by atoms with E-state index in [1.165, 1.54) is 24.2 Å². The van der Waals surface area contributed by atoms with Crippen molar-refractivity contribution in [2.45, 2.75) is 38.1 Å². The van der Waals surface area contributed by atoms with Crippen LogP contribution in [0.3, 0.4) is 0 Å². The molecule has 0 atom stereocenters. The smallest absolute Gasteiger partial charge is 0.270 e. The Morgan fingerprint density at radius 2 is 2.26 bits per heavy atom. The first kappa shape index (κ1) is 14.3. The van der Waals surface area contributed by atoms with Crippen LogP contribution in [-0.4, -0.2) is 41.5 Å². The largest absolute Gasteiger partial charge is 0.375 e. The fourth-order valence-corrected chi connectivity index (χ4v) is 3.33. The molecular formula is C13H22N4OS. The molecule has 1 aliphatic carbocycles. The summed E-state index contributed by atoms with van der Waals surface area (Å²) >= 11 is 1.30. The first-order valence-corrected chi connectivity index (χ1v) is 7.66. The molecule has 1 saturated carbocycles. The van der Waals surface area contributed by atoms with Gasteiger partial charge in [-0.25, -0.2) is 4.98 Å². The molecule has 1 heterocycles. The lowest BCUT2D eigenvalue weighted by molar-refractivity contribution is 0.0871. The standard InChI is InChI=1S/C13H22N4OS/c1-3-17(2)13(6-4-5-7-13)9-15-11(18)10-8-19-12(14)16-10/h8H,3-7,9H2,1-2H3,(H2,14,16)(H,15,18). The highest BCUT2D eigenvalue weighted by atomic mass is 32.1. The van der Waals surface area contributed by atoms with E-state index in [0.717, 1.165) is 19.4 Å². The van der Waals surface area contributed by atoms with Crippen LogP contribution in [-0.2, 0) is 0 Å². The van der Waals surface area contributed by atoms with Crippen LogP contribution in [0.1, 0.15) is 43.1 Å². The van der Waals surface area contributed by atoms with Gasteiger partial charge in [-0.2, -0.15) is 0 Å². The number of hydrogen-bond donors (Lipinski definition) is 2. The van der Waals surface area contributed by atoms with Crippen LogP contribution < -0.4 is 11.1 Å². The third kappa shape index (κ3) is 3.06. The van der Waals surface area contributed by atoms with E-state index in [1.807, 2.05) is 0 Å². The zero-order chi connectivity index (χ0) is 13.9. The van der Waals surface area contributed by atoms with Crippen LogP contribution >= 0.6 is 11.3 Å². The molecule has 1 aliphatic rings. The highest BCUT2D eigenvalue weighted by Gasteiger charge is 2.37. The number of carbonyl (C=O) groups is 1. The average molecular weight is 282 g/mol. The summed E-state index contributed by atoms with van der Waals surface area (Å²) < 4.78 is 0. The number of anilines is 1. The number of likely N-dealkylation sites (N-methyl/N-ethyl adjacent to an activating group) is 1. The Balaban J connectivity index is 1.98. The van der Waals surface area contributed by atoms with Crippen molar-refractivity contribution in [2.75, 3.05) is 25.9 Å². The highest BCUT2D eigenvalue weighted by Crippen LogP contribution is 2.33. The maximum Gasteiger partial charge on any atom is 0.270 e. The van der Waals surface area contributed by atoms with Gasteiger partial charge >= 0.3 is 0 Å². The van der Waals surface area contributed by atoms with E-state index >= 15 is 0 Å². The van der Waals surface area contributed by atoms with Crippen LogP contribution in [0.2, 0.25) is 0 Å². The Morgan fingerprint density at radius 1 is 1.58 bits per heavy atom. The van der Waals surface area contributed by atoms with E-state index in [9.17, 15) is 4.79 Å². The van der Waals surface area contributed by atoms with Gasteiger partial charge < -0.3 is 11.1 Å². The molecule has 0 aliphatic heterocycles. The number of nitrogens with zero attached hydrogens (tertiary/aromatic N) is 2. The topological polar surface area (TPSA) is 71.2 Å². The van der Waals surface area contributed by atoms with Gasteiger partial charge in [-0.1, -0.05) is 19.8 Å². The molecule has 0 aromatic carbocycles. The van der Waals surface area contributed by atoms with Crippen molar-refractivity contribution in [3.05, 3.63) is 11.1 Å². The quantitative estimate of drug-likeness (QED) is 0.862. The molecule has 0 spiro atoms. The van der Waals surface area contributed by atoms with Gasteiger partial charge in [0.1, 0.15) is 5.69 Å². The molecule has 106 valence electrons.